The summed E-state index contributed by atoms with van der Waals surface area (Å²) in [6.07, 6.45) is -0.695. The zero-order valence-corrected chi connectivity index (χ0v) is 14.5. The molecule has 0 saturated heterocycles. The van der Waals surface area contributed by atoms with Gasteiger partial charge in [-0.15, -0.1) is 0 Å². The van der Waals surface area contributed by atoms with Gasteiger partial charge in [-0.25, -0.2) is 0 Å². The van der Waals surface area contributed by atoms with E-state index in [1.54, 1.807) is 69.6 Å². The van der Waals surface area contributed by atoms with Crippen molar-refractivity contribution in [3.05, 3.63) is 59.1 Å². The maximum absolute atomic E-state index is 12.2. The number of nitrogens with one attached hydrogen (secondary N) is 1. The molecule has 1 unspecified atom stereocenters. The Kier molecular flexibility index (Phi) is 5.82. The summed E-state index contributed by atoms with van der Waals surface area (Å²) in [5.74, 6) is 0.120. The molecule has 0 bridgehead atoms. The number of ether oxygens (including phenoxy) is 1. The van der Waals surface area contributed by atoms with Crippen molar-refractivity contribution in [2.45, 2.75) is 13.0 Å². The molecule has 5 nitrogen and oxygen atoms in total. The van der Waals surface area contributed by atoms with Crippen molar-refractivity contribution in [1.82, 2.24) is 4.90 Å². The van der Waals surface area contributed by atoms with E-state index in [2.05, 4.69) is 5.32 Å². The molecule has 0 heterocycles. The number of hydrogen-bond acceptors (Lipinski definition) is 3. The highest BCUT2D eigenvalue weighted by Gasteiger charge is 2.16. The van der Waals surface area contributed by atoms with Crippen molar-refractivity contribution in [3.8, 4) is 5.75 Å². The molecule has 0 aliphatic carbocycles. The van der Waals surface area contributed by atoms with Gasteiger partial charge in [0, 0.05) is 30.4 Å². The molecule has 2 rings (SSSR count). The van der Waals surface area contributed by atoms with Crippen molar-refractivity contribution in [2.75, 3.05) is 19.4 Å². The van der Waals surface area contributed by atoms with Gasteiger partial charge >= 0.3 is 0 Å². The summed E-state index contributed by atoms with van der Waals surface area (Å²) in [5.41, 5.74) is 1.04. The lowest BCUT2D eigenvalue weighted by atomic mass is 10.1. The fraction of sp³-hybridized carbons (Fsp3) is 0.222. The Labute approximate surface area is 146 Å². The first-order valence-electron chi connectivity index (χ1n) is 7.41. The highest BCUT2D eigenvalue weighted by molar-refractivity contribution is 6.30. The Morgan fingerprint density at radius 2 is 1.79 bits per heavy atom. The normalized spacial score (nSPS) is 11.5. The number of amides is 2. The average molecular weight is 347 g/mol. The van der Waals surface area contributed by atoms with E-state index in [9.17, 15) is 9.59 Å². The Balaban J connectivity index is 2.02. The van der Waals surface area contributed by atoms with Gasteiger partial charge < -0.3 is 15.0 Å². The van der Waals surface area contributed by atoms with Crippen LogP contribution in [0.4, 0.5) is 5.69 Å². The third-order valence-electron chi connectivity index (χ3n) is 3.28. The number of hydrogen-bond donors (Lipinski definition) is 1. The van der Waals surface area contributed by atoms with Gasteiger partial charge in [0.2, 0.25) is 0 Å². The number of halogens is 1. The standard InChI is InChI=1S/C18H19ClN2O3/c1-12(24-16-9-7-14(19)8-10-16)17(22)20-15-6-4-5-13(11-15)18(23)21(2)3/h4-12H,1-3H3,(H,20,22). The van der Waals surface area contributed by atoms with Gasteiger partial charge in [-0.05, 0) is 49.4 Å². The van der Waals surface area contributed by atoms with E-state index in [-0.39, 0.29) is 11.8 Å². The third kappa shape index (κ3) is 4.73. The Bertz CT molecular complexity index is 729. The van der Waals surface area contributed by atoms with Crippen molar-refractivity contribution < 1.29 is 14.3 Å². The topological polar surface area (TPSA) is 58.6 Å². The third-order valence-corrected chi connectivity index (χ3v) is 3.53. The number of carbonyl (C=O) groups excluding carboxylic acids is 2. The fourth-order valence-electron chi connectivity index (χ4n) is 2.00. The van der Waals surface area contributed by atoms with Crippen LogP contribution in [0.5, 0.6) is 5.75 Å². The summed E-state index contributed by atoms with van der Waals surface area (Å²) in [4.78, 5) is 25.7. The number of benzene rings is 2. The Morgan fingerprint density at radius 1 is 1.12 bits per heavy atom. The van der Waals surface area contributed by atoms with Gasteiger partial charge in [-0.3, -0.25) is 9.59 Å². The predicted molar refractivity (Wildman–Crippen MR) is 94.6 cm³/mol. The SMILES string of the molecule is CC(Oc1ccc(Cl)cc1)C(=O)Nc1cccc(C(=O)N(C)C)c1. The molecule has 2 aromatic carbocycles. The van der Waals surface area contributed by atoms with Crippen LogP contribution in [0, 0.1) is 0 Å². The molecule has 0 aromatic heterocycles. The van der Waals surface area contributed by atoms with E-state index in [1.165, 1.54) is 4.90 Å². The van der Waals surface area contributed by atoms with Crippen molar-refractivity contribution >= 4 is 29.1 Å². The van der Waals surface area contributed by atoms with Crippen LogP contribution in [0.1, 0.15) is 17.3 Å². The summed E-state index contributed by atoms with van der Waals surface area (Å²) in [5, 5.41) is 3.35. The van der Waals surface area contributed by atoms with Crippen LogP contribution < -0.4 is 10.1 Å². The van der Waals surface area contributed by atoms with Crippen LogP contribution in [0.2, 0.25) is 5.02 Å². The Morgan fingerprint density at radius 3 is 2.42 bits per heavy atom. The summed E-state index contributed by atoms with van der Waals surface area (Å²) >= 11 is 5.81. The highest BCUT2D eigenvalue weighted by atomic mass is 35.5. The Hall–Kier alpha value is -2.53. The second-order valence-corrected chi connectivity index (χ2v) is 5.92. The van der Waals surface area contributed by atoms with Crippen LogP contribution in [0.15, 0.2) is 48.5 Å². The fourth-order valence-corrected chi connectivity index (χ4v) is 2.13. The van der Waals surface area contributed by atoms with Crippen LogP contribution in [0.3, 0.4) is 0 Å². The lowest BCUT2D eigenvalue weighted by Crippen LogP contribution is -2.30. The first-order chi connectivity index (χ1) is 11.4. The van der Waals surface area contributed by atoms with E-state index in [1.807, 2.05) is 0 Å². The minimum Gasteiger partial charge on any atom is -0.481 e. The highest BCUT2D eigenvalue weighted by Crippen LogP contribution is 2.18. The molecule has 0 radical (unpaired) electrons. The molecule has 1 N–H and O–H groups in total. The molecule has 0 aliphatic heterocycles. The smallest absolute Gasteiger partial charge is 0.265 e. The van der Waals surface area contributed by atoms with Gasteiger partial charge in [0.25, 0.3) is 11.8 Å². The predicted octanol–water partition coefficient (Wildman–Crippen LogP) is 3.45. The minimum absolute atomic E-state index is 0.128. The molecule has 0 aliphatic rings. The number of carbonyl (C=O) groups is 2. The lowest BCUT2D eigenvalue weighted by molar-refractivity contribution is -0.122. The average Bonchev–Trinajstić information content (AvgIpc) is 2.56. The van der Waals surface area contributed by atoms with Gasteiger partial charge in [-0.2, -0.15) is 0 Å². The molecular weight excluding hydrogens is 328 g/mol. The molecule has 0 spiro atoms. The van der Waals surface area contributed by atoms with Crippen molar-refractivity contribution in [2.24, 2.45) is 0 Å². The van der Waals surface area contributed by atoms with Gasteiger partial charge in [0.1, 0.15) is 5.75 Å². The number of rotatable bonds is 5. The van der Waals surface area contributed by atoms with Gasteiger partial charge in [0.05, 0.1) is 0 Å². The molecule has 24 heavy (non-hydrogen) atoms. The summed E-state index contributed by atoms with van der Waals surface area (Å²) < 4.78 is 5.57. The van der Waals surface area contributed by atoms with E-state index in [0.717, 1.165) is 0 Å². The van der Waals surface area contributed by atoms with E-state index in [4.69, 9.17) is 16.3 Å². The van der Waals surface area contributed by atoms with Crippen LogP contribution in [0.25, 0.3) is 0 Å². The summed E-state index contributed by atoms with van der Waals surface area (Å²) in [7, 11) is 3.35. The van der Waals surface area contributed by atoms with Crippen LogP contribution in [-0.4, -0.2) is 36.9 Å². The summed E-state index contributed by atoms with van der Waals surface area (Å²) in [6, 6.07) is 13.6. The van der Waals surface area contributed by atoms with E-state index in [0.29, 0.717) is 22.0 Å². The first-order valence-corrected chi connectivity index (χ1v) is 7.79. The van der Waals surface area contributed by atoms with Crippen molar-refractivity contribution in [1.29, 1.82) is 0 Å². The molecule has 2 aromatic rings. The molecular formula is C18H19ClN2O3. The van der Waals surface area contributed by atoms with E-state index < -0.39 is 6.10 Å². The van der Waals surface area contributed by atoms with Crippen molar-refractivity contribution in [3.63, 3.8) is 0 Å². The number of anilines is 1. The monoisotopic (exact) mass is 346 g/mol. The van der Waals surface area contributed by atoms with Crippen LogP contribution >= 0.6 is 11.6 Å². The molecule has 126 valence electrons. The first kappa shape index (κ1) is 17.8. The summed E-state index contributed by atoms with van der Waals surface area (Å²) in [6.45, 7) is 1.65. The maximum Gasteiger partial charge on any atom is 0.265 e. The quantitative estimate of drug-likeness (QED) is 0.902. The minimum atomic E-state index is -0.695. The second-order valence-electron chi connectivity index (χ2n) is 5.48. The lowest BCUT2D eigenvalue weighted by Gasteiger charge is -2.15. The zero-order valence-electron chi connectivity index (χ0n) is 13.7. The van der Waals surface area contributed by atoms with E-state index >= 15 is 0 Å². The molecule has 6 heteroatoms. The molecule has 1 atom stereocenters. The molecule has 0 saturated carbocycles. The maximum atomic E-state index is 12.2. The largest absolute Gasteiger partial charge is 0.481 e. The molecule has 2 amide bonds. The second kappa shape index (κ2) is 7.84. The number of nitrogens with zero attached hydrogens (tertiary/aromatic N) is 1. The zero-order chi connectivity index (χ0) is 17.7. The molecule has 0 fully saturated rings. The van der Waals surface area contributed by atoms with Gasteiger partial charge in [0.15, 0.2) is 6.10 Å². The van der Waals surface area contributed by atoms with Crippen LogP contribution in [-0.2, 0) is 4.79 Å². The van der Waals surface area contributed by atoms with Gasteiger partial charge in [-0.1, -0.05) is 17.7 Å².